The van der Waals surface area contributed by atoms with E-state index in [1.54, 1.807) is 38.3 Å². The van der Waals surface area contributed by atoms with Crippen molar-refractivity contribution in [2.24, 2.45) is 0 Å². The third kappa shape index (κ3) is 5.68. The van der Waals surface area contributed by atoms with E-state index in [1.165, 1.54) is 19.2 Å². The van der Waals surface area contributed by atoms with E-state index in [4.69, 9.17) is 14.0 Å². The van der Waals surface area contributed by atoms with E-state index in [9.17, 15) is 18.0 Å². The maximum atomic E-state index is 12.3. The topological polar surface area (TPSA) is 98.5 Å². The molecule has 170 valence electrons. The number of hydrogen-bond donors (Lipinski definition) is 2. The highest BCUT2D eigenvalue weighted by Crippen LogP contribution is 2.31. The van der Waals surface area contributed by atoms with Crippen LogP contribution in [-0.4, -0.2) is 43.0 Å². The highest BCUT2D eigenvalue weighted by atomic mass is 19.4. The first kappa shape index (κ1) is 22.9. The van der Waals surface area contributed by atoms with Crippen molar-refractivity contribution in [2.75, 3.05) is 26.1 Å². The lowest BCUT2D eigenvalue weighted by Gasteiger charge is -2.11. The number of benzene rings is 2. The highest BCUT2D eigenvalue weighted by Gasteiger charge is 2.28. The number of nitrogens with zero attached hydrogens (tertiary/aromatic N) is 2. The van der Waals surface area contributed by atoms with E-state index in [1.807, 2.05) is 5.32 Å². The van der Waals surface area contributed by atoms with Crippen LogP contribution in [0, 0.1) is 6.92 Å². The normalized spacial score (nSPS) is 11.2. The molecule has 0 aliphatic heterocycles. The largest absolute Gasteiger partial charge is 0.497 e. The van der Waals surface area contributed by atoms with Gasteiger partial charge < -0.3 is 24.6 Å². The van der Waals surface area contributed by atoms with Gasteiger partial charge in [-0.15, -0.1) is 0 Å². The van der Waals surface area contributed by atoms with Crippen LogP contribution in [0.1, 0.15) is 21.8 Å². The summed E-state index contributed by atoms with van der Waals surface area (Å²) in [5, 5.41) is 8.87. The third-order valence-corrected chi connectivity index (χ3v) is 4.50. The fourth-order valence-corrected chi connectivity index (χ4v) is 2.83. The highest BCUT2D eigenvalue weighted by molar-refractivity contribution is 5.95. The van der Waals surface area contributed by atoms with E-state index in [0.29, 0.717) is 28.6 Å². The standard InChI is InChI=1S/C21H21F3N4O4/c1-12-4-5-13(20(29)26-11-21(22,23)24)8-16(12)25-10-18-27-19(28-32-18)15-7-6-14(30-2)9-17(15)31-3/h4-9,25H,10-11H2,1-3H3,(H,26,29). The Morgan fingerprint density at radius 1 is 1.12 bits per heavy atom. The van der Waals surface area contributed by atoms with Gasteiger partial charge in [0, 0.05) is 17.3 Å². The van der Waals surface area contributed by atoms with Gasteiger partial charge in [-0.2, -0.15) is 18.2 Å². The summed E-state index contributed by atoms with van der Waals surface area (Å²) in [4.78, 5) is 16.3. The van der Waals surface area contributed by atoms with Gasteiger partial charge in [0.1, 0.15) is 18.0 Å². The molecule has 1 heterocycles. The van der Waals surface area contributed by atoms with E-state index in [2.05, 4.69) is 15.5 Å². The predicted octanol–water partition coefficient (Wildman–Crippen LogP) is 3.97. The van der Waals surface area contributed by atoms with E-state index in [0.717, 1.165) is 5.56 Å². The van der Waals surface area contributed by atoms with Crippen LogP contribution in [0.5, 0.6) is 11.5 Å². The molecule has 3 rings (SSSR count). The van der Waals surface area contributed by atoms with Crippen molar-refractivity contribution in [1.82, 2.24) is 15.5 Å². The average molecular weight is 450 g/mol. The average Bonchev–Trinajstić information content (AvgIpc) is 3.24. The monoisotopic (exact) mass is 450 g/mol. The van der Waals surface area contributed by atoms with Crippen LogP contribution in [0.25, 0.3) is 11.4 Å². The number of amides is 1. The van der Waals surface area contributed by atoms with Gasteiger partial charge in [-0.05, 0) is 36.8 Å². The van der Waals surface area contributed by atoms with Gasteiger partial charge in [-0.25, -0.2) is 0 Å². The first-order valence-electron chi connectivity index (χ1n) is 9.44. The second-order valence-corrected chi connectivity index (χ2v) is 6.76. The molecule has 32 heavy (non-hydrogen) atoms. The van der Waals surface area contributed by atoms with Gasteiger partial charge in [0.05, 0.1) is 26.3 Å². The van der Waals surface area contributed by atoms with Crippen LogP contribution in [0.4, 0.5) is 18.9 Å². The molecule has 1 aromatic heterocycles. The Hall–Kier alpha value is -3.76. The lowest BCUT2D eigenvalue weighted by molar-refractivity contribution is -0.123. The minimum atomic E-state index is -4.48. The molecule has 11 heteroatoms. The van der Waals surface area contributed by atoms with Gasteiger partial charge in [0.25, 0.3) is 5.91 Å². The number of rotatable bonds is 8. The SMILES string of the molecule is COc1ccc(-c2noc(CNc3cc(C(=O)NCC(F)(F)F)ccc3C)n2)c(OC)c1. The Kier molecular flexibility index (Phi) is 6.86. The zero-order valence-corrected chi connectivity index (χ0v) is 17.5. The van der Waals surface area contributed by atoms with Crippen molar-refractivity contribution >= 4 is 11.6 Å². The number of nitrogens with one attached hydrogen (secondary N) is 2. The molecule has 0 fully saturated rings. The Morgan fingerprint density at radius 2 is 1.91 bits per heavy atom. The minimum absolute atomic E-state index is 0.0940. The summed E-state index contributed by atoms with van der Waals surface area (Å²) in [5.74, 6) is 0.892. The van der Waals surface area contributed by atoms with Crippen molar-refractivity contribution < 1.29 is 32.0 Å². The zero-order valence-electron chi connectivity index (χ0n) is 17.5. The number of aromatic nitrogens is 2. The summed E-state index contributed by atoms with van der Waals surface area (Å²) in [5.41, 5.74) is 2.04. The van der Waals surface area contributed by atoms with Gasteiger partial charge in [-0.3, -0.25) is 4.79 Å². The zero-order chi connectivity index (χ0) is 23.3. The molecule has 8 nitrogen and oxygen atoms in total. The molecule has 0 bridgehead atoms. The number of aryl methyl sites for hydroxylation is 1. The van der Waals surface area contributed by atoms with E-state index >= 15 is 0 Å². The molecule has 0 saturated heterocycles. The van der Waals surface area contributed by atoms with Crippen molar-refractivity contribution in [1.29, 1.82) is 0 Å². The summed E-state index contributed by atoms with van der Waals surface area (Å²) in [6, 6.07) is 9.73. The molecule has 0 aliphatic carbocycles. The number of methoxy groups -OCH3 is 2. The number of carbonyl (C=O) groups excluding carboxylic acids is 1. The Labute approximate surface area is 181 Å². The van der Waals surface area contributed by atoms with E-state index < -0.39 is 18.6 Å². The Balaban J connectivity index is 1.70. The molecule has 3 aromatic rings. The van der Waals surface area contributed by atoms with Crippen molar-refractivity contribution in [3.8, 4) is 22.9 Å². The predicted molar refractivity (Wildman–Crippen MR) is 110 cm³/mol. The maximum Gasteiger partial charge on any atom is 0.405 e. The number of ether oxygens (including phenoxy) is 2. The van der Waals surface area contributed by atoms with Gasteiger partial charge in [-0.1, -0.05) is 11.2 Å². The second-order valence-electron chi connectivity index (χ2n) is 6.76. The Bertz CT molecular complexity index is 1100. The minimum Gasteiger partial charge on any atom is -0.497 e. The molecule has 0 atom stereocenters. The molecule has 2 N–H and O–H groups in total. The summed E-state index contributed by atoms with van der Waals surface area (Å²) in [6.07, 6.45) is -4.48. The molecular weight excluding hydrogens is 429 g/mol. The number of carbonyl (C=O) groups is 1. The smallest absolute Gasteiger partial charge is 0.405 e. The first-order valence-corrected chi connectivity index (χ1v) is 9.44. The molecule has 2 aromatic carbocycles. The van der Waals surface area contributed by atoms with E-state index in [-0.39, 0.29) is 18.0 Å². The number of hydrogen-bond acceptors (Lipinski definition) is 7. The molecule has 0 aliphatic rings. The molecule has 0 unspecified atom stereocenters. The molecule has 0 spiro atoms. The van der Waals surface area contributed by atoms with Gasteiger partial charge in [0.15, 0.2) is 0 Å². The molecule has 0 saturated carbocycles. The Morgan fingerprint density at radius 3 is 2.59 bits per heavy atom. The quantitative estimate of drug-likeness (QED) is 0.536. The number of anilines is 1. The van der Waals surface area contributed by atoms with Crippen LogP contribution in [0.15, 0.2) is 40.9 Å². The van der Waals surface area contributed by atoms with Gasteiger partial charge in [0.2, 0.25) is 11.7 Å². The van der Waals surface area contributed by atoms with Crippen LogP contribution < -0.4 is 20.1 Å². The lowest BCUT2D eigenvalue weighted by atomic mass is 10.1. The summed E-state index contributed by atoms with van der Waals surface area (Å²) >= 11 is 0. The summed E-state index contributed by atoms with van der Waals surface area (Å²) in [6.45, 7) is 0.531. The summed E-state index contributed by atoms with van der Waals surface area (Å²) in [7, 11) is 3.06. The van der Waals surface area contributed by atoms with Crippen molar-refractivity contribution in [3.63, 3.8) is 0 Å². The van der Waals surface area contributed by atoms with Crippen molar-refractivity contribution in [2.45, 2.75) is 19.6 Å². The molecule has 0 radical (unpaired) electrons. The van der Waals surface area contributed by atoms with Crippen LogP contribution in [0.2, 0.25) is 0 Å². The van der Waals surface area contributed by atoms with Crippen LogP contribution in [-0.2, 0) is 6.54 Å². The lowest BCUT2D eigenvalue weighted by Crippen LogP contribution is -2.33. The number of halogens is 3. The number of alkyl halides is 3. The second kappa shape index (κ2) is 9.58. The maximum absolute atomic E-state index is 12.3. The van der Waals surface area contributed by atoms with Crippen molar-refractivity contribution in [3.05, 3.63) is 53.4 Å². The fourth-order valence-electron chi connectivity index (χ4n) is 2.83. The third-order valence-electron chi connectivity index (χ3n) is 4.50. The summed E-state index contributed by atoms with van der Waals surface area (Å²) < 4.78 is 52.8. The van der Waals surface area contributed by atoms with Crippen LogP contribution in [0.3, 0.4) is 0 Å². The molecule has 1 amide bonds. The van der Waals surface area contributed by atoms with Crippen LogP contribution >= 0.6 is 0 Å². The first-order chi connectivity index (χ1) is 15.2. The fraction of sp³-hybridized carbons (Fsp3) is 0.286. The molecular formula is C21H21F3N4O4. The van der Waals surface area contributed by atoms with Gasteiger partial charge >= 0.3 is 6.18 Å².